The summed E-state index contributed by atoms with van der Waals surface area (Å²) in [5, 5.41) is 13.9. The number of rotatable bonds is 5. The third-order valence-corrected chi connectivity index (χ3v) is 4.41. The zero-order valence-electron chi connectivity index (χ0n) is 9.77. The monoisotopic (exact) mass is 324 g/mol. The summed E-state index contributed by atoms with van der Waals surface area (Å²) in [6, 6.07) is 4.62. The van der Waals surface area contributed by atoms with Crippen molar-refractivity contribution in [1.82, 2.24) is 20.5 Å². The van der Waals surface area contributed by atoms with Crippen LogP contribution in [0.2, 0.25) is 0 Å². The molecule has 2 heterocycles. The molecule has 18 heavy (non-hydrogen) atoms. The Balaban J connectivity index is 1.66. The van der Waals surface area contributed by atoms with Gasteiger partial charge in [0.15, 0.2) is 5.01 Å². The molecule has 2 aromatic heterocycles. The minimum atomic E-state index is 0.752. The minimum Gasteiger partial charge on any atom is -0.314 e. The molecule has 0 aliphatic heterocycles. The van der Waals surface area contributed by atoms with Crippen molar-refractivity contribution in [3.05, 3.63) is 27.8 Å². The molecule has 6 heteroatoms. The molecule has 0 spiro atoms. The summed E-state index contributed by atoms with van der Waals surface area (Å²) in [7, 11) is 0. The van der Waals surface area contributed by atoms with E-state index in [4.69, 9.17) is 0 Å². The van der Waals surface area contributed by atoms with Crippen LogP contribution in [0.3, 0.4) is 0 Å². The van der Waals surface area contributed by atoms with Gasteiger partial charge in [-0.1, -0.05) is 11.3 Å². The third kappa shape index (κ3) is 2.93. The molecule has 4 nitrogen and oxygen atoms in total. The lowest BCUT2D eigenvalue weighted by atomic mass is 10.4. The van der Waals surface area contributed by atoms with E-state index in [1.165, 1.54) is 12.8 Å². The van der Waals surface area contributed by atoms with Gasteiger partial charge in [0.2, 0.25) is 0 Å². The molecule has 1 aliphatic rings. The van der Waals surface area contributed by atoms with Crippen LogP contribution >= 0.6 is 27.3 Å². The van der Waals surface area contributed by atoms with Gasteiger partial charge in [-0.25, -0.2) is 0 Å². The maximum atomic E-state index is 4.33. The first-order valence-electron chi connectivity index (χ1n) is 5.99. The van der Waals surface area contributed by atoms with Crippen molar-refractivity contribution in [2.75, 3.05) is 6.54 Å². The normalized spacial score (nSPS) is 14.9. The Morgan fingerprint density at radius 1 is 1.39 bits per heavy atom. The maximum absolute atomic E-state index is 4.33. The predicted octanol–water partition coefficient (Wildman–Crippen LogP) is 2.66. The van der Waals surface area contributed by atoms with Crippen molar-refractivity contribution in [3.8, 4) is 10.7 Å². The summed E-state index contributed by atoms with van der Waals surface area (Å²) in [5.41, 5.74) is 0.872. The van der Waals surface area contributed by atoms with E-state index >= 15 is 0 Å². The first-order chi connectivity index (χ1) is 8.83. The number of pyridine rings is 1. The zero-order chi connectivity index (χ0) is 12.4. The highest BCUT2D eigenvalue weighted by molar-refractivity contribution is 9.10. The van der Waals surface area contributed by atoms with E-state index in [1.54, 1.807) is 17.5 Å². The zero-order valence-corrected chi connectivity index (χ0v) is 12.2. The van der Waals surface area contributed by atoms with Crippen molar-refractivity contribution < 1.29 is 0 Å². The average molecular weight is 325 g/mol. The molecule has 2 aromatic rings. The van der Waals surface area contributed by atoms with Crippen LogP contribution in [0, 0.1) is 0 Å². The Labute approximate surface area is 118 Å². The fourth-order valence-corrected chi connectivity index (χ4v) is 3.09. The van der Waals surface area contributed by atoms with Crippen LogP contribution in [0.1, 0.15) is 17.8 Å². The van der Waals surface area contributed by atoms with Gasteiger partial charge in [0.1, 0.15) is 10.7 Å². The van der Waals surface area contributed by atoms with E-state index in [2.05, 4.69) is 36.4 Å². The molecule has 0 atom stereocenters. The van der Waals surface area contributed by atoms with Crippen LogP contribution in [0.25, 0.3) is 10.7 Å². The van der Waals surface area contributed by atoms with Crippen LogP contribution in [-0.2, 0) is 6.42 Å². The number of nitrogens with zero attached hydrogens (tertiary/aromatic N) is 3. The van der Waals surface area contributed by atoms with Crippen LogP contribution in [-0.4, -0.2) is 27.8 Å². The van der Waals surface area contributed by atoms with Crippen molar-refractivity contribution in [1.29, 1.82) is 0 Å². The molecule has 0 aromatic carbocycles. The van der Waals surface area contributed by atoms with E-state index in [9.17, 15) is 0 Å². The summed E-state index contributed by atoms with van der Waals surface area (Å²) < 4.78 is 0.962. The SMILES string of the molecule is Brc1cccnc1-c1nnc(CCNC2CC2)s1. The Morgan fingerprint density at radius 3 is 3.06 bits per heavy atom. The third-order valence-electron chi connectivity index (χ3n) is 2.78. The fraction of sp³-hybridized carbons (Fsp3) is 0.417. The highest BCUT2D eigenvalue weighted by atomic mass is 79.9. The highest BCUT2D eigenvalue weighted by Gasteiger charge is 2.20. The van der Waals surface area contributed by atoms with Crippen LogP contribution in [0.4, 0.5) is 0 Å². The quantitative estimate of drug-likeness (QED) is 0.918. The molecule has 94 valence electrons. The van der Waals surface area contributed by atoms with E-state index in [0.717, 1.165) is 39.2 Å². The lowest BCUT2D eigenvalue weighted by Gasteiger charge is -1.98. The number of aromatic nitrogens is 3. The summed E-state index contributed by atoms with van der Waals surface area (Å²) in [5.74, 6) is 0. The van der Waals surface area contributed by atoms with Crippen molar-refractivity contribution in [3.63, 3.8) is 0 Å². The topological polar surface area (TPSA) is 50.7 Å². The molecule has 0 amide bonds. The number of nitrogens with one attached hydrogen (secondary N) is 1. The molecule has 1 N–H and O–H groups in total. The lowest BCUT2D eigenvalue weighted by molar-refractivity contribution is 0.677. The Morgan fingerprint density at radius 2 is 2.28 bits per heavy atom. The van der Waals surface area contributed by atoms with Crippen molar-refractivity contribution in [2.45, 2.75) is 25.3 Å². The summed E-state index contributed by atoms with van der Waals surface area (Å²) >= 11 is 5.10. The summed E-state index contributed by atoms with van der Waals surface area (Å²) in [4.78, 5) is 4.33. The molecule has 3 rings (SSSR count). The van der Waals surface area contributed by atoms with Crippen LogP contribution < -0.4 is 5.32 Å². The molecular formula is C12H13BrN4S. The van der Waals surface area contributed by atoms with Gasteiger partial charge in [-0.2, -0.15) is 0 Å². The smallest absolute Gasteiger partial charge is 0.167 e. The van der Waals surface area contributed by atoms with Gasteiger partial charge in [0.25, 0.3) is 0 Å². The molecule has 0 saturated heterocycles. The second kappa shape index (κ2) is 5.42. The lowest BCUT2D eigenvalue weighted by Crippen LogP contribution is -2.19. The summed E-state index contributed by atoms with van der Waals surface area (Å²) in [6.07, 6.45) is 5.36. The number of halogens is 1. The minimum absolute atomic E-state index is 0.752. The largest absolute Gasteiger partial charge is 0.314 e. The molecule has 1 aliphatic carbocycles. The highest BCUT2D eigenvalue weighted by Crippen LogP contribution is 2.28. The Kier molecular flexibility index (Phi) is 3.67. The molecule has 1 saturated carbocycles. The standard InChI is InChI=1S/C12H13BrN4S/c13-9-2-1-6-15-11(9)12-17-16-10(18-12)5-7-14-8-3-4-8/h1-2,6,8,14H,3-5,7H2. The van der Waals surface area contributed by atoms with Gasteiger partial charge in [0.05, 0.1) is 0 Å². The van der Waals surface area contributed by atoms with E-state index in [1.807, 2.05) is 12.1 Å². The van der Waals surface area contributed by atoms with E-state index in [-0.39, 0.29) is 0 Å². The van der Waals surface area contributed by atoms with E-state index in [0.29, 0.717) is 0 Å². The molecule has 0 radical (unpaired) electrons. The number of hydrogen-bond donors (Lipinski definition) is 1. The van der Waals surface area contributed by atoms with Crippen molar-refractivity contribution in [2.24, 2.45) is 0 Å². The molecule has 0 unspecified atom stereocenters. The predicted molar refractivity (Wildman–Crippen MR) is 75.6 cm³/mol. The van der Waals surface area contributed by atoms with Gasteiger partial charge in [-0.15, -0.1) is 10.2 Å². The van der Waals surface area contributed by atoms with Gasteiger partial charge >= 0.3 is 0 Å². The second-order valence-corrected chi connectivity index (χ2v) is 6.23. The second-order valence-electron chi connectivity index (χ2n) is 4.31. The van der Waals surface area contributed by atoms with Gasteiger partial charge in [0, 0.05) is 29.7 Å². The fourth-order valence-electron chi connectivity index (χ4n) is 1.66. The first kappa shape index (κ1) is 12.2. The summed E-state index contributed by atoms with van der Waals surface area (Å²) in [6.45, 7) is 0.989. The van der Waals surface area contributed by atoms with Gasteiger partial charge in [-0.3, -0.25) is 4.98 Å². The van der Waals surface area contributed by atoms with Crippen molar-refractivity contribution >= 4 is 27.3 Å². The van der Waals surface area contributed by atoms with E-state index < -0.39 is 0 Å². The van der Waals surface area contributed by atoms with Crippen LogP contribution in [0.15, 0.2) is 22.8 Å². The first-order valence-corrected chi connectivity index (χ1v) is 7.60. The van der Waals surface area contributed by atoms with Crippen LogP contribution in [0.5, 0.6) is 0 Å². The Bertz CT molecular complexity index is 538. The molecule has 1 fully saturated rings. The van der Waals surface area contributed by atoms with Gasteiger partial charge in [-0.05, 0) is 40.9 Å². The average Bonchev–Trinajstić information content (AvgIpc) is 3.08. The molecular weight excluding hydrogens is 312 g/mol. The Hall–Kier alpha value is -0.850. The van der Waals surface area contributed by atoms with Gasteiger partial charge < -0.3 is 5.32 Å². The molecule has 0 bridgehead atoms. The number of hydrogen-bond acceptors (Lipinski definition) is 5. The maximum Gasteiger partial charge on any atom is 0.167 e.